The van der Waals surface area contributed by atoms with Crippen LogP contribution in [0, 0.1) is 0 Å². The number of hydrogen-bond acceptors (Lipinski definition) is 6. The molecule has 1 aromatic rings. The van der Waals surface area contributed by atoms with E-state index in [1.54, 1.807) is 0 Å². The zero-order chi connectivity index (χ0) is 10.7. The van der Waals surface area contributed by atoms with E-state index in [0.29, 0.717) is 5.84 Å². The van der Waals surface area contributed by atoms with Gasteiger partial charge in [0.05, 0.1) is 0 Å². The monoisotopic (exact) mass is 208 g/mol. The smallest absolute Gasteiger partial charge is 0.171 e. The van der Waals surface area contributed by atoms with Crippen molar-refractivity contribution >= 4 is 5.84 Å². The Labute approximate surface area is 87.0 Å². The minimum Gasteiger partial charge on any atom is -0.377 e. The Kier molecular flexibility index (Phi) is 2.82. The summed E-state index contributed by atoms with van der Waals surface area (Å²) in [5.74, 6) is 0.596. The Bertz CT molecular complexity index is 354. The van der Waals surface area contributed by atoms with Crippen molar-refractivity contribution in [3.63, 3.8) is 0 Å². The van der Waals surface area contributed by atoms with Crippen LogP contribution in [0.3, 0.4) is 0 Å². The third-order valence-electron chi connectivity index (χ3n) is 2.04. The first-order chi connectivity index (χ1) is 7.35. The van der Waals surface area contributed by atoms with Crippen LogP contribution in [-0.2, 0) is 0 Å². The Balaban J connectivity index is 2.19. The molecule has 3 N–H and O–H groups in total. The highest BCUT2D eigenvalue weighted by atomic mass is 16.3. The average Bonchev–Trinajstić information content (AvgIpc) is 2.73. The molecule has 1 aliphatic heterocycles. The molecule has 0 aliphatic carbocycles. The molecule has 0 atom stereocenters. The maximum Gasteiger partial charge on any atom is 0.171 e. The molecule has 1 aromatic carbocycles. The van der Waals surface area contributed by atoms with E-state index >= 15 is 0 Å². The van der Waals surface area contributed by atoms with Crippen molar-refractivity contribution in [3.8, 4) is 0 Å². The van der Waals surface area contributed by atoms with Crippen LogP contribution < -0.4 is 5.43 Å². The number of aliphatic hydroxyl groups is 2. The van der Waals surface area contributed by atoms with Crippen molar-refractivity contribution < 1.29 is 10.2 Å². The van der Waals surface area contributed by atoms with Crippen LogP contribution in [0.4, 0.5) is 0 Å². The highest BCUT2D eigenvalue weighted by molar-refractivity contribution is 5.98. The molecule has 2 rings (SSSR count). The largest absolute Gasteiger partial charge is 0.377 e. The van der Waals surface area contributed by atoms with Crippen molar-refractivity contribution in [1.82, 2.24) is 15.7 Å². The van der Waals surface area contributed by atoms with Crippen LogP contribution in [0.15, 0.2) is 35.4 Å². The van der Waals surface area contributed by atoms with E-state index < -0.39 is 0 Å². The summed E-state index contributed by atoms with van der Waals surface area (Å²) in [6, 6.07) is 9.48. The van der Waals surface area contributed by atoms with E-state index in [0.717, 1.165) is 5.56 Å². The second kappa shape index (κ2) is 4.26. The van der Waals surface area contributed by atoms with Crippen molar-refractivity contribution in [2.24, 2.45) is 5.10 Å². The fourth-order valence-corrected chi connectivity index (χ4v) is 1.31. The SMILES string of the molecule is OCN1N=C(c2ccccc2)NN1CO. The van der Waals surface area contributed by atoms with E-state index in [1.165, 1.54) is 10.2 Å². The van der Waals surface area contributed by atoms with Gasteiger partial charge in [-0.3, -0.25) is 5.43 Å². The highest BCUT2D eigenvalue weighted by Crippen LogP contribution is 2.08. The van der Waals surface area contributed by atoms with Gasteiger partial charge in [-0.25, -0.2) is 0 Å². The molecule has 0 spiro atoms. The van der Waals surface area contributed by atoms with Gasteiger partial charge in [0.2, 0.25) is 0 Å². The molecule has 0 amide bonds. The number of rotatable bonds is 3. The number of hydrazone groups is 1. The van der Waals surface area contributed by atoms with Gasteiger partial charge in [0.1, 0.15) is 6.73 Å². The Hall–Kier alpha value is -1.63. The van der Waals surface area contributed by atoms with Gasteiger partial charge in [-0.2, -0.15) is 5.12 Å². The summed E-state index contributed by atoms with van der Waals surface area (Å²) in [5, 5.41) is 24.6. The van der Waals surface area contributed by atoms with Gasteiger partial charge >= 0.3 is 0 Å². The van der Waals surface area contributed by atoms with Crippen LogP contribution in [0.5, 0.6) is 0 Å². The first-order valence-corrected chi connectivity index (χ1v) is 4.52. The second-order valence-corrected chi connectivity index (χ2v) is 2.98. The standard InChI is InChI=1S/C9H12N4O2/c14-6-12-10-9(11-13(12)7-15)8-4-2-1-3-5-8/h1-5,14-15H,6-7H2,(H,10,11). The van der Waals surface area contributed by atoms with E-state index in [-0.39, 0.29) is 13.5 Å². The van der Waals surface area contributed by atoms with Gasteiger partial charge in [-0.15, -0.1) is 5.10 Å². The summed E-state index contributed by atoms with van der Waals surface area (Å²) in [5.41, 5.74) is 3.75. The summed E-state index contributed by atoms with van der Waals surface area (Å²) in [4.78, 5) is 0. The first kappa shape index (κ1) is 9.91. The molecule has 0 radical (unpaired) electrons. The zero-order valence-corrected chi connectivity index (χ0v) is 8.04. The first-order valence-electron chi connectivity index (χ1n) is 4.52. The lowest BCUT2D eigenvalue weighted by Crippen LogP contribution is -2.44. The molecule has 6 heteroatoms. The highest BCUT2D eigenvalue weighted by Gasteiger charge is 2.22. The molecule has 0 saturated carbocycles. The number of nitrogens with one attached hydrogen (secondary N) is 1. The molecule has 0 aromatic heterocycles. The summed E-state index contributed by atoms with van der Waals surface area (Å²) in [6.45, 7) is -0.551. The van der Waals surface area contributed by atoms with Gasteiger partial charge < -0.3 is 10.2 Å². The average molecular weight is 208 g/mol. The number of hydrazine groups is 2. The van der Waals surface area contributed by atoms with E-state index in [2.05, 4.69) is 10.5 Å². The maximum absolute atomic E-state index is 8.97. The number of aliphatic hydroxyl groups excluding tert-OH is 2. The molecule has 1 aliphatic rings. The van der Waals surface area contributed by atoms with Crippen molar-refractivity contribution in [1.29, 1.82) is 0 Å². The third kappa shape index (κ3) is 1.91. The predicted octanol–water partition coefficient (Wildman–Crippen LogP) is -0.715. The second-order valence-electron chi connectivity index (χ2n) is 2.98. The van der Waals surface area contributed by atoms with Crippen LogP contribution in [-0.4, -0.2) is 39.7 Å². The third-order valence-corrected chi connectivity index (χ3v) is 2.04. The van der Waals surface area contributed by atoms with E-state index in [1.807, 2.05) is 30.3 Å². The molecule has 80 valence electrons. The van der Waals surface area contributed by atoms with Gasteiger partial charge in [-0.1, -0.05) is 35.4 Å². The lowest BCUT2D eigenvalue weighted by molar-refractivity contribution is -0.125. The van der Waals surface area contributed by atoms with Crippen molar-refractivity contribution in [2.75, 3.05) is 13.5 Å². The number of hydrogen-bond donors (Lipinski definition) is 3. The minimum atomic E-state index is -0.288. The Morgan fingerprint density at radius 3 is 2.40 bits per heavy atom. The fourth-order valence-electron chi connectivity index (χ4n) is 1.31. The quantitative estimate of drug-likeness (QED) is 0.612. The van der Waals surface area contributed by atoms with Gasteiger partial charge in [-0.05, 0) is 0 Å². The summed E-state index contributed by atoms with van der Waals surface area (Å²) < 4.78 is 0. The predicted molar refractivity (Wildman–Crippen MR) is 54.0 cm³/mol. The Morgan fingerprint density at radius 2 is 1.87 bits per heavy atom. The van der Waals surface area contributed by atoms with Crippen molar-refractivity contribution in [2.45, 2.75) is 0 Å². The molecule has 6 nitrogen and oxygen atoms in total. The van der Waals surface area contributed by atoms with Crippen LogP contribution in [0.2, 0.25) is 0 Å². The summed E-state index contributed by atoms with van der Waals surface area (Å²) in [7, 11) is 0. The lowest BCUT2D eigenvalue weighted by Gasteiger charge is -2.21. The molecule has 0 saturated heterocycles. The van der Waals surface area contributed by atoms with Crippen molar-refractivity contribution in [3.05, 3.63) is 35.9 Å². The normalized spacial score (nSPS) is 16.4. The molecule has 0 bridgehead atoms. The van der Waals surface area contributed by atoms with E-state index in [9.17, 15) is 0 Å². The summed E-state index contributed by atoms with van der Waals surface area (Å²) >= 11 is 0. The molecule has 15 heavy (non-hydrogen) atoms. The molecular weight excluding hydrogens is 196 g/mol. The minimum absolute atomic E-state index is 0.263. The summed E-state index contributed by atoms with van der Waals surface area (Å²) in [6.07, 6.45) is 0. The zero-order valence-electron chi connectivity index (χ0n) is 8.04. The lowest BCUT2D eigenvalue weighted by atomic mass is 10.2. The topological polar surface area (TPSA) is 71.3 Å². The van der Waals surface area contributed by atoms with Crippen LogP contribution in [0.1, 0.15) is 5.56 Å². The molecule has 0 fully saturated rings. The van der Waals surface area contributed by atoms with Gasteiger partial charge in [0, 0.05) is 5.56 Å². The van der Waals surface area contributed by atoms with Gasteiger partial charge in [0.15, 0.2) is 12.6 Å². The van der Waals surface area contributed by atoms with Crippen LogP contribution in [0.25, 0.3) is 0 Å². The number of benzene rings is 1. The van der Waals surface area contributed by atoms with Gasteiger partial charge in [0.25, 0.3) is 0 Å². The Morgan fingerprint density at radius 1 is 1.13 bits per heavy atom. The van der Waals surface area contributed by atoms with Crippen LogP contribution >= 0.6 is 0 Å². The fraction of sp³-hybridized carbons (Fsp3) is 0.222. The molecule has 1 heterocycles. The number of nitrogens with zero attached hydrogens (tertiary/aromatic N) is 3. The number of amidine groups is 1. The van der Waals surface area contributed by atoms with E-state index in [4.69, 9.17) is 10.2 Å². The maximum atomic E-state index is 8.97. The molecule has 0 unspecified atom stereocenters. The molecular formula is C9H12N4O2.